The van der Waals surface area contributed by atoms with Crippen molar-refractivity contribution in [2.24, 2.45) is 0 Å². The Labute approximate surface area is 141 Å². The van der Waals surface area contributed by atoms with Crippen LogP contribution in [-0.4, -0.2) is 22.4 Å². The minimum Gasteiger partial charge on any atom is -0.358 e. The molecule has 0 unspecified atom stereocenters. The number of rotatable bonds is 2. The average molecular weight is 317 g/mol. The normalized spacial score (nSPS) is 13.5. The summed E-state index contributed by atoms with van der Waals surface area (Å²) in [7, 11) is 0. The Morgan fingerprint density at radius 1 is 1.00 bits per heavy atom. The zero-order valence-electron chi connectivity index (χ0n) is 13.8. The molecule has 2 N–H and O–H groups in total. The molecule has 4 nitrogen and oxygen atoms in total. The first-order valence-corrected chi connectivity index (χ1v) is 8.15. The summed E-state index contributed by atoms with van der Waals surface area (Å²) in [6.07, 6.45) is 2.67. The molecule has 0 saturated heterocycles. The van der Waals surface area contributed by atoms with E-state index in [1.165, 1.54) is 11.1 Å². The van der Waals surface area contributed by atoms with Gasteiger partial charge in [-0.15, -0.1) is 0 Å². The molecule has 0 saturated carbocycles. The van der Waals surface area contributed by atoms with Crippen LogP contribution >= 0.6 is 0 Å². The molecule has 1 aliphatic heterocycles. The molecule has 1 amide bonds. The standard InChI is InChI=1S/C20H19N3O/c1-12-7-13(2)9-15(8-12)18-10-14(3-5-21-18)19-11-16-17(23-19)4-6-22-20(16)24/h3,5,7-11,23H,4,6H2,1-2H3,(H,22,24). The van der Waals surface area contributed by atoms with Gasteiger partial charge in [0.1, 0.15) is 0 Å². The molecule has 4 heteroatoms. The predicted molar refractivity (Wildman–Crippen MR) is 95.0 cm³/mol. The van der Waals surface area contributed by atoms with Crippen molar-refractivity contribution in [2.45, 2.75) is 20.3 Å². The zero-order chi connectivity index (χ0) is 16.7. The van der Waals surface area contributed by atoms with Gasteiger partial charge in [0.25, 0.3) is 5.91 Å². The topological polar surface area (TPSA) is 57.8 Å². The van der Waals surface area contributed by atoms with Crippen molar-refractivity contribution in [3.63, 3.8) is 0 Å². The van der Waals surface area contributed by atoms with Crippen LogP contribution in [0.15, 0.2) is 42.6 Å². The molecule has 0 spiro atoms. The van der Waals surface area contributed by atoms with Crippen LogP contribution < -0.4 is 5.32 Å². The number of aromatic nitrogens is 2. The zero-order valence-corrected chi connectivity index (χ0v) is 13.8. The van der Waals surface area contributed by atoms with Crippen LogP contribution in [0.1, 0.15) is 27.2 Å². The maximum absolute atomic E-state index is 12.0. The lowest BCUT2D eigenvalue weighted by molar-refractivity contribution is 0.0946. The van der Waals surface area contributed by atoms with Gasteiger partial charge in [0, 0.05) is 41.7 Å². The number of pyridine rings is 1. The molecule has 1 aliphatic rings. The van der Waals surface area contributed by atoms with Crippen LogP contribution in [-0.2, 0) is 6.42 Å². The second-order valence-corrected chi connectivity index (χ2v) is 6.39. The first kappa shape index (κ1) is 14.7. The van der Waals surface area contributed by atoms with E-state index in [1.54, 1.807) is 0 Å². The van der Waals surface area contributed by atoms with Gasteiger partial charge in [0.15, 0.2) is 0 Å². The Hall–Kier alpha value is -2.88. The number of hydrogen-bond acceptors (Lipinski definition) is 2. The molecule has 3 aromatic rings. The van der Waals surface area contributed by atoms with Crippen LogP contribution in [0.2, 0.25) is 0 Å². The summed E-state index contributed by atoms with van der Waals surface area (Å²) < 4.78 is 0. The summed E-state index contributed by atoms with van der Waals surface area (Å²) >= 11 is 0. The van der Waals surface area contributed by atoms with Gasteiger partial charge in [-0.1, -0.05) is 17.2 Å². The van der Waals surface area contributed by atoms with Crippen molar-refractivity contribution in [1.82, 2.24) is 15.3 Å². The van der Waals surface area contributed by atoms with Crippen LogP contribution in [0.3, 0.4) is 0 Å². The largest absolute Gasteiger partial charge is 0.358 e. The summed E-state index contributed by atoms with van der Waals surface area (Å²) in [6, 6.07) is 12.4. The highest BCUT2D eigenvalue weighted by Gasteiger charge is 2.20. The number of carbonyl (C=O) groups is 1. The van der Waals surface area contributed by atoms with Gasteiger partial charge in [-0.25, -0.2) is 0 Å². The fraction of sp³-hybridized carbons (Fsp3) is 0.200. The lowest BCUT2D eigenvalue weighted by Gasteiger charge is -2.11. The van der Waals surface area contributed by atoms with E-state index in [0.717, 1.165) is 40.2 Å². The Morgan fingerprint density at radius 3 is 2.54 bits per heavy atom. The molecule has 4 rings (SSSR count). The van der Waals surface area contributed by atoms with Gasteiger partial charge >= 0.3 is 0 Å². The molecule has 0 bridgehead atoms. The van der Waals surface area contributed by atoms with Crippen LogP contribution in [0.4, 0.5) is 0 Å². The number of amides is 1. The molecule has 120 valence electrons. The fourth-order valence-corrected chi connectivity index (χ4v) is 3.33. The number of benzene rings is 1. The second-order valence-electron chi connectivity index (χ2n) is 6.39. The van der Waals surface area contributed by atoms with Crippen LogP contribution in [0.25, 0.3) is 22.5 Å². The van der Waals surface area contributed by atoms with E-state index < -0.39 is 0 Å². The molecule has 2 aromatic heterocycles. The number of hydrogen-bond donors (Lipinski definition) is 2. The number of aromatic amines is 1. The number of nitrogens with zero attached hydrogens (tertiary/aromatic N) is 1. The lowest BCUT2D eigenvalue weighted by atomic mass is 10.0. The third-order valence-corrected chi connectivity index (χ3v) is 4.39. The van der Waals surface area contributed by atoms with Crippen molar-refractivity contribution in [2.75, 3.05) is 6.54 Å². The van der Waals surface area contributed by atoms with Gasteiger partial charge in [-0.3, -0.25) is 9.78 Å². The van der Waals surface area contributed by atoms with E-state index in [0.29, 0.717) is 6.54 Å². The minimum atomic E-state index is 0.00217. The molecule has 24 heavy (non-hydrogen) atoms. The predicted octanol–water partition coefficient (Wildman–Crippen LogP) is 3.65. The van der Waals surface area contributed by atoms with Crippen molar-refractivity contribution < 1.29 is 4.79 Å². The van der Waals surface area contributed by atoms with Gasteiger partial charge in [-0.05, 0) is 44.2 Å². The number of fused-ring (bicyclic) bond motifs is 1. The Balaban J connectivity index is 1.77. The highest BCUT2D eigenvalue weighted by molar-refractivity contribution is 5.97. The molecule has 0 atom stereocenters. The van der Waals surface area contributed by atoms with E-state index in [-0.39, 0.29) is 5.91 Å². The van der Waals surface area contributed by atoms with Crippen molar-refractivity contribution >= 4 is 5.91 Å². The molecule has 1 aromatic carbocycles. The van der Waals surface area contributed by atoms with E-state index in [9.17, 15) is 4.79 Å². The number of aryl methyl sites for hydroxylation is 2. The monoisotopic (exact) mass is 317 g/mol. The van der Waals surface area contributed by atoms with E-state index in [1.807, 2.05) is 18.3 Å². The first-order chi connectivity index (χ1) is 11.6. The summed E-state index contributed by atoms with van der Waals surface area (Å²) in [6.45, 7) is 4.88. The molecular formula is C20H19N3O. The maximum atomic E-state index is 12.0. The minimum absolute atomic E-state index is 0.00217. The average Bonchev–Trinajstić information content (AvgIpc) is 3.00. The Bertz CT molecular complexity index is 920. The van der Waals surface area contributed by atoms with Crippen molar-refractivity contribution in [3.8, 4) is 22.5 Å². The van der Waals surface area contributed by atoms with E-state index >= 15 is 0 Å². The molecule has 0 radical (unpaired) electrons. The van der Waals surface area contributed by atoms with Gasteiger partial charge in [-0.2, -0.15) is 0 Å². The van der Waals surface area contributed by atoms with Gasteiger partial charge in [0.05, 0.1) is 11.3 Å². The molecular weight excluding hydrogens is 298 g/mol. The highest BCUT2D eigenvalue weighted by Crippen LogP contribution is 2.27. The van der Waals surface area contributed by atoms with E-state index in [4.69, 9.17) is 0 Å². The third kappa shape index (κ3) is 2.60. The molecule has 0 fully saturated rings. The first-order valence-electron chi connectivity index (χ1n) is 8.15. The number of H-pyrrole nitrogens is 1. The van der Waals surface area contributed by atoms with E-state index in [2.05, 4.69) is 53.4 Å². The van der Waals surface area contributed by atoms with Gasteiger partial charge < -0.3 is 10.3 Å². The second kappa shape index (κ2) is 5.64. The quantitative estimate of drug-likeness (QED) is 0.758. The SMILES string of the molecule is Cc1cc(C)cc(-c2cc(-c3cc4c([nH]3)CCNC4=O)ccn2)c1. The summed E-state index contributed by atoms with van der Waals surface area (Å²) in [5.74, 6) is 0.00217. The third-order valence-electron chi connectivity index (χ3n) is 4.39. The Morgan fingerprint density at radius 2 is 1.79 bits per heavy atom. The summed E-state index contributed by atoms with van der Waals surface area (Å²) in [5.41, 5.74) is 8.28. The molecule has 3 heterocycles. The summed E-state index contributed by atoms with van der Waals surface area (Å²) in [5, 5.41) is 2.88. The van der Waals surface area contributed by atoms with Crippen molar-refractivity contribution in [3.05, 3.63) is 65.0 Å². The van der Waals surface area contributed by atoms with Crippen LogP contribution in [0.5, 0.6) is 0 Å². The Kier molecular flexibility index (Phi) is 3.45. The molecule has 0 aliphatic carbocycles. The number of nitrogens with one attached hydrogen (secondary N) is 2. The maximum Gasteiger partial charge on any atom is 0.253 e. The van der Waals surface area contributed by atoms with Gasteiger partial charge in [0.2, 0.25) is 0 Å². The number of carbonyl (C=O) groups excluding carboxylic acids is 1. The lowest BCUT2D eigenvalue weighted by Crippen LogP contribution is -2.31. The fourth-order valence-electron chi connectivity index (χ4n) is 3.33. The van der Waals surface area contributed by atoms with Crippen LogP contribution in [0, 0.1) is 13.8 Å². The smallest absolute Gasteiger partial charge is 0.253 e. The van der Waals surface area contributed by atoms with Crippen molar-refractivity contribution in [1.29, 1.82) is 0 Å². The highest BCUT2D eigenvalue weighted by atomic mass is 16.1. The summed E-state index contributed by atoms with van der Waals surface area (Å²) in [4.78, 5) is 19.9.